The van der Waals surface area contributed by atoms with Crippen LogP contribution >= 0.6 is 0 Å². The van der Waals surface area contributed by atoms with Gasteiger partial charge >= 0.3 is 0 Å². The number of nitrogens with two attached hydrogens (primary N) is 1. The summed E-state index contributed by atoms with van der Waals surface area (Å²) >= 11 is 0. The number of hydrogen-bond donors (Lipinski definition) is 1. The van der Waals surface area contributed by atoms with Gasteiger partial charge in [-0.15, -0.1) is 0 Å². The van der Waals surface area contributed by atoms with Gasteiger partial charge in [-0.2, -0.15) is 0 Å². The highest BCUT2D eigenvalue weighted by molar-refractivity contribution is 7.84. The number of hydrogen-bond acceptors (Lipinski definition) is 2. The van der Waals surface area contributed by atoms with E-state index in [1.165, 1.54) is 0 Å². The third-order valence-corrected chi connectivity index (χ3v) is 2.92. The first-order valence-corrected chi connectivity index (χ1v) is 4.86. The molecule has 0 saturated heterocycles. The zero-order valence-electron chi connectivity index (χ0n) is 6.09. The van der Waals surface area contributed by atoms with E-state index in [4.69, 9.17) is 5.73 Å². The summed E-state index contributed by atoms with van der Waals surface area (Å²) in [6, 6.07) is 0. The summed E-state index contributed by atoms with van der Waals surface area (Å²) in [7, 11) is -0.683. The molecule has 3 heteroatoms. The SMILES string of the molecule is CCC(CCN)S(C)=O. The van der Waals surface area contributed by atoms with E-state index in [1.807, 2.05) is 6.92 Å². The summed E-state index contributed by atoms with van der Waals surface area (Å²) in [6.07, 6.45) is 3.60. The van der Waals surface area contributed by atoms with Gasteiger partial charge in [0.2, 0.25) is 0 Å². The second-order valence-corrected chi connectivity index (χ2v) is 3.77. The van der Waals surface area contributed by atoms with Gasteiger partial charge in [0, 0.05) is 22.3 Å². The van der Waals surface area contributed by atoms with Crippen molar-refractivity contribution < 1.29 is 4.21 Å². The molecular formula is C6H15NOS. The Balaban J connectivity index is 3.54. The lowest BCUT2D eigenvalue weighted by Crippen LogP contribution is -2.17. The molecule has 2 N–H and O–H groups in total. The third-order valence-electron chi connectivity index (χ3n) is 1.41. The van der Waals surface area contributed by atoms with Crippen molar-refractivity contribution in [2.45, 2.75) is 25.0 Å². The molecular weight excluding hydrogens is 134 g/mol. The van der Waals surface area contributed by atoms with Crippen molar-refractivity contribution in [3.63, 3.8) is 0 Å². The molecule has 2 unspecified atom stereocenters. The van der Waals surface area contributed by atoms with Crippen LogP contribution in [0.1, 0.15) is 19.8 Å². The van der Waals surface area contributed by atoms with E-state index in [-0.39, 0.29) is 0 Å². The molecule has 0 aromatic heterocycles. The molecule has 0 spiro atoms. The van der Waals surface area contributed by atoms with Crippen LogP contribution in [-0.2, 0) is 10.8 Å². The Morgan fingerprint density at radius 3 is 2.33 bits per heavy atom. The van der Waals surface area contributed by atoms with Gasteiger partial charge < -0.3 is 5.73 Å². The zero-order chi connectivity index (χ0) is 7.28. The molecule has 0 aliphatic rings. The van der Waals surface area contributed by atoms with Gasteiger partial charge in [0.15, 0.2) is 0 Å². The van der Waals surface area contributed by atoms with Crippen molar-refractivity contribution in [3.8, 4) is 0 Å². The molecule has 0 saturated carbocycles. The minimum atomic E-state index is -0.683. The second-order valence-electron chi connectivity index (χ2n) is 2.11. The van der Waals surface area contributed by atoms with Crippen molar-refractivity contribution in [2.24, 2.45) is 5.73 Å². The van der Waals surface area contributed by atoms with E-state index in [9.17, 15) is 4.21 Å². The van der Waals surface area contributed by atoms with Gasteiger partial charge in [0.25, 0.3) is 0 Å². The Kier molecular flexibility index (Phi) is 5.00. The van der Waals surface area contributed by atoms with Crippen molar-refractivity contribution in [2.75, 3.05) is 12.8 Å². The molecule has 0 fully saturated rings. The minimum Gasteiger partial charge on any atom is -0.330 e. The van der Waals surface area contributed by atoms with E-state index < -0.39 is 10.8 Å². The van der Waals surface area contributed by atoms with Gasteiger partial charge in [-0.3, -0.25) is 4.21 Å². The average molecular weight is 149 g/mol. The lowest BCUT2D eigenvalue weighted by atomic mass is 10.2. The highest BCUT2D eigenvalue weighted by Crippen LogP contribution is 2.02. The minimum absolute atomic E-state index is 0.315. The van der Waals surface area contributed by atoms with Crippen LogP contribution in [-0.4, -0.2) is 22.3 Å². The van der Waals surface area contributed by atoms with E-state index in [1.54, 1.807) is 6.26 Å². The summed E-state index contributed by atoms with van der Waals surface area (Å²) in [6.45, 7) is 2.69. The van der Waals surface area contributed by atoms with Crippen LogP contribution in [0.25, 0.3) is 0 Å². The van der Waals surface area contributed by atoms with E-state index in [2.05, 4.69) is 0 Å². The second kappa shape index (κ2) is 4.94. The first kappa shape index (κ1) is 9.11. The summed E-state index contributed by atoms with van der Waals surface area (Å²) in [5.41, 5.74) is 5.31. The predicted molar refractivity (Wildman–Crippen MR) is 41.8 cm³/mol. The lowest BCUT2D eigenvalue weighted by molar-refractivity contribution is 0.655. The van der Waals surface area contributed by atoms with Gasteiger partial charge in [0.05, 0.1) is 0 Å². The first-order valence-electron chi connectivity index (χ1n) is 3.24. The van der Waals surface area contributed by atoms with E-state index in [0.29, 0.717) is 11.8 Å². The number of rotatable bonds is 4. The van der Waals surface area contributed by atoms with Gasteiger partial charge in [-0.05, 0) is 19.4 Å². The normalized spacial score (nSPS) is 17.2. The smallest absolute Gasteiger partial charge is 0.0354 e. The van der Waals surface area contributed by atoms with Crippen LogP contribution in [0.2, 0.25) is 0 Å². The Labute approximate surface area is 59.3 Å². The third kappa shape index (κ3) is 3.65. The van der Waals surface area contributed by atoms with Gasteiger partial charge in [-0.25, -0.2) is 0 Å². The molecule has 56 valence electrons. The van der Waals surface area contributed by atoms with Crippen LogP contribution in [0, 0.1) is 0 Å². The van der Waals surface area contributed by atoms with Gasteiger partial charge in [0.1, 0.15) is 0 Å². The van der Waals surface area contributed by atoms with Crippen LogP contribution in [0.5, 0.6) is 0 Å². The van der Waals surface area contributed by atoms with Crippen LogP contribution in [0.15, 0.2) is 0 Å². The maximum Gasteiger partial charge on any atom is 0.0354 e. The fourth-order valence-corrected chi connectivity index (χ4v) is 1.73. The molecule has 9 heavy (non-hydrogen) atoms. The Bertz CT molecular complexity index is 95.1. The molecule has 0 aromatic rings. The van der Waals surface area contributed by atoms with Crippen LogP contribution in [0.3, 0.4) is 0 Å². The fraction of sp³-hybridized carbons (Fsp3) is 1.00. The molecule has 0 aromatic carbocycles. The molecule has 0 radical (unpaired) electrons. The molecule has 0 heterocycles. The Morgan fingerprint density at radius 1 is 1.67 bits per heavy atom. The average Bonchev–Trinajstić information content (AvgIpc) is 1.82. The quantitative estimate of drug-likeness (QED) is 0.632. The van der Waals surface area contributed by atoms with Crippen molar-refractivity contribution in [3.05, 3.63) is 0 Å². The van der Waals surface area contributed by atoms with E-state index in [0.717, 1.165) is 12.8 Å². The predicted octanol–water partition coefficient (Wildman–Crippen LogP) is 0.492. The van der Waals surface area contributed by atoms with Crippen LogP contribution < -0.4 is 5.73 Å². The van der Waals surface area contributed by atoms with Crippen molar-refractivity contribution >= 4 is 10.8 Å². The highest BCUT2D eigenvalue weighted by atomic mass is 32.2. The van der Waals surface area contributed by atoms with Crippen molar-refractivity contribution in [1.82, 2.24) is 0 Å². The van der Waals surface area contributed by atoms with Crippen molar-refractivity contribution in [1.29, 1.82) is 0 Å². The summed E-state index contributed by atoms with van der Waals surface area (Å²) in [5.74, 6) is 0. The summed E-state index contributed by atoms with van der Waals surface area (Å²) in [4.78, 5) is 0. The standard InChI is InChI=1S/C6H15NOS/c1-3-6(4-5-7)9(2)8/h6H,3-5,7H2,1-2H3. The summed E-state index contributed by atoms with van der Waals surface area (Å²) in [5, 5.41) is 0.315. The topological polar surface area (TPSA) is 43.1 Å². The lowest BCUT2D eigenvalue weighted by Gasteiger charge is -2.08. The molecule has 0 aliphatic carbocycles. The highest BCUT2D eigenvalue weighted by Gasteiger charge is 2.07. The monoisotopic (exact) mass is 149 g/mol. The molecule has 2 nitrogen and oxygen atoms in total. The molecule has 0 aliphatic heterocycles. The fourth-order valence-electron chi connectivity index (χ4n) is 0.791. The summed E-state index contributed by atoms with van der Waals surface area (Å²) < 4.78 is 10.8. The Hall–Kier alpha value is 0.110. The van der Waals surface area contributed by atoms with Gasteiger partial charge in [-0.1, -0.05) is 6.92 Å². The van der Waals surface area contributed by atoms with Crippen LogP contribution in [0.4, 0.5) is 0 Å². The maximum atomic E-state index is 10.8. The molecule has 0 rings (SSSR count). The Morgan fingerprint density at radius 2 is 2.22 bits per heavy atom. The van der Waals surface area contributed by atoms with E-state index >= 15 is 0 Å². The first-order chi connectivity index (χ1) is 4.22. The molecule has 0 amide bonds. The maximum absolute atomic E-state index is 10.8. The molecule has 0 bridgehead atoms. The largest absolute Gasteiger partial charge is 0.330 e. The zero-order valence-corrected chi connectivity index (χ0v) is 6.91. The molecule has 2 atom stereocenters.